The lowest BCUT2D eigenvalue weighted by Gasteiger charge is -2.10. The first kappa shape index (κ1) is 19.2. The number of ether oxygens (including phenoxy) is 1. The van der Waals surface area contributed by atoms with Gasteiger partial charge in [-0.2, -0.15) is 0 Å². The zero-order valence-corrected chi connectivity index (χ0v) is 16.0. The van der Waals surface area contributed by atoms with Crippen molar-refractivity contribution in [3.63, 3.8) is 0 Å². The molecule has 0 fully saturated rings. The lowest BCUT2D eigenvalue weighted by Crippen LogP contribution is -2.09. The average molecular weight is 380 g/mol. The summed E-state index contributed by atoms with van der Waals surface area (Å²) in [4.78, 5) is 22.8. The van der Waals surface area contributed by atoms with Crippen LogP contribution in [0.15, 0.2) is 46.9 Å². The Morgan fingerprint density at radius 1 is 1.25 bits per heavy atom. The van der Waals surface area contributed by atoms with Gasteiger partial charge in [0.25, 0.3) is 5.69 Å². The fraction of sp³-hybridized carbons (Fsp3) is 0.190. The molecule has 7 heteroatoms. The number of allylic oxidation sites excluding steroid dienone is 1. The van der Waals surface area contributed by atoms with Crippen molar-refractivity contribution in [3.05, 3.63) is 69.5 Å². The number of hydrogen-bond acceptors (Lipinski definition) is 5. The molecule has 144 valence electrons. The van der Waals surface area contributed by atoms with Gasteiger partial charge in [0.2, 0.25) is 5.91 Å². The molecule has 0 aliphatic heterocycles. The fourth-order valence-electron chi connectivity index (χ4n) is 3.00. The Morgan fingerprint density at radius 3 is 2.68 bits per heavy atom. The van der Waals surface area contributed by atoms with Crippen molar-refractivity contribution in [2.24, 2.45) is 0 Å². The van der Waals surface area contributed by atoms with Crippen LogP contribution >= 0.6 is 0 Å². The number of nitrogens with one attached hydrogen (secondary N) is 1. The van der Waals surface area contributed by atoms with Crippen LogP contribution in [0.1, 0.15) is 23.8 Å². The summed E-state index contributed by atoms with van der Waals surface area (Å²) in [5.41, 5.74) is 3.49. The average Bonchev–Trinajstić information content (AvgIpc) is 2.94. The van der Waals surface area contributed by atoms with Gasteiger partial charge in [-0.15, -0.1) is 0 Å². The molecule has 1 aromatic heterocycles. The largest absolute Gasteiger partial charge is 0.496 e. The highest BCUT2D eigenvalue weighted by atomic mass is 16.6. The molecule has 0 saturated heterocycles. The predicted octanol–water partition coefficient (Wildman–Crippen LogP) is 5.01. The Bertz CT molecular complexity index is 1110. The third-order valence-corrected chi connectivity index (χ3v) is 4.59. The number of aryl methyl sites for hydroxylation is 2. The second kappa shape index (κ2) is 7.56. The van der Waals surface area contributed by atoms with Crippen molar-refractivity contribution in [3.8, 4) is 5.75 Å². The normalized spacial score (nSPS) is 11.5. The molecule has 0 radical (unpaired) electrons. The maximum absolute atomic E-state index is 12.4. The minimum absolute atomic E-state index is 0.0866. The summed E-state index contributed by atoms with van der Waals surface area (Å²) in [6.45, 7) is 5.68. The van der Waals surface area contributed by atoms with E-state index >= 15 is 0 Å². The van der Waals surface area contributed by atoms with E-state index in [9.17, 15) is 14.9 Å². The number of benzene rings is 2. The first-order valence-electron chi connectivity index (χ1n) is 8.62. The van der Waals surface area contributed by atoms with Crippen LogP contribution in [0.3, 0.4) is 0 Å². The van der Waals surface area contributed by atoms with Crippen LogP contribution in [0.5, 0.6) is 5.75 Å². The topological polar surface area (TPSA) is 94.6 Å². The van der Waals surface area contributed by atoms with Crippen molar-refractivity contribution in [1.82, 2.24) is 0 Å². The van der Waals surface area contributed by atoms with Crippen LogP contribution in [0, 0.1) is 24.0 Å². The first-order valence-corrected chi connectivity index (χ1v) is 8.62. The number of non-ortho nitro benzene ring substituents is 1. The third-order valence-electron chi connectivity index (χ3n) is 4.59. The fourth-order valence-corrected chi connectivity index (χ4v) is 3.00. The number of nitro groups is 1. The van der Waals surface area contributed by atoms with Crippen LogP contribution in [-0.4, -0.2) is 17.9 Å². The molecule has 0 spiro atoms. The van der Waals surface area contributed by atoms with Crippen molar-refractivity contribution in [2.75, 3.05) is 12.4 Å². The Hall–Kier alpha value is -3.61. The Kier molecular flexibility index (Phi) is 5.17. The van der Waals surface area contributed by atoms with Gasteiger partial charge in [0, 0.05) is 40.9 Å². The van der Waals surface area contributed by atoms with E-state index in [2.05, 4.69) is 5.32 Å². The molecule has 3 rings (SSSR count). The zero-order valence-electron chi connectivity index (χ0n) is 16.0. The van der Waals surface area contributed by atoms with Gasteiger partial charge in [-0.3, -0.25) is 14.9 Å². The number of furan rings is 1. The number of hydrogen-bond donors (Lipinski definition) is 1. The summed E-state index contributed by atoms with van der Waals surface area (Å²) < 4.78 is 11.2. The van der Waals surface area contributed by atoms with Gasteiger partial charge in [-0.25, -0.2) is 0 Å². The highest BCUT2D eigenvalue weighted by Crippen LogP contribution is 2.34. The number of nitrogens with zero attached hydrogens (tertiary/aromatic N) is 1. The van der Waals surface area contributed by atoms with Crippen molar-refractivity contribution in [1.29, 1.82) is 0 Å². The standard InChI is InChI=1S/C21H20N2O5/c1-12(8-21(24)22-15-6-5-7-16(9-15)23(25)26)17-10-18-13(2)14(3)28-20(18)11-19(17)27-4/h5-11H,1-4H3,(H,22,24)/b12-8+. The smallest absolute Gasteiger partial charge is 0.271 e. The predicted molar refractivity (Wildman–Crippen MR) is 108 cm³/mol. The SMILES string of the molecule is COc1cc2oc(C)c(C)c2cc1/C(C)=C/C(=O)Nc1cccc([N+](=O)[O-])c1. The van der Waals surface area contributed by atoms with E-state index in [1.165, 1.54) is 24.3 Å². The van der Waals surface area contributed by atoms with Crippen LogP contribution in [0.4, 0.5) is 11.4 Å². The van der Waals surface area contributed by atoms with Crippen molar-refractivity contribution < 1.29 is 18.9 Å². The maximum atomic E-state index is 12.4. The number of carbonyl (C=O) groups excluding carboxylic acids is 1. The molecule has 7 nitrogen and oxygen atoms in total. The van der Waals surface area contributed by atoms with Gasteiger partial charge in [0.05, 0.1) is 12.0 Å². The van der Waals surface area contributed by atoms with Crippen LogP contribution in [0.25, 0.3) is 16.5 Å². The van der Waals surface area contributed by atoms with Gasteiger partial charge < -0.3 is 14.5 Å². The molecular formula is C21H20N2O5. The number of methoxy groups -OCH3 is 1. The summed E-state index contributed by atoms with van der Waals surface area (Å²) >= 11 is 0. The monoisotopic (exact) mass is 380 g/mol. The quantitative estimate of drug-likeness (QED) is 0.381. The number of amides is 1. The zero-order chi connectivity index (χ0) is 20.4. The lowest BCUT2D eigenvalue weighted by molar-refractivity contribution is -0.384. The molecule has 0 saturated carbocycles. The molecule has 1 N–H and O–H groups in total. The van der Waals surface area contributed by atoms with E-state index in [4.69, 9.17) is 9.15 Å². The number of anilines is 1. The van der Waals surface area contributed by atoms with Crippen LogP contribution in [0.2, 0.25) is 0 Å². The van der Waals surface area contributed by atoms with Crippen molar-refractivity contribution in [2.45, 2.75) is 20.8 Å². The first-order chi connectivity index (χ1) is 13.3. The lowest BCUT2D eigenvalue weighted by atomic mass is 10.0. The van der Waals surface area contributed by atoms with Crippen molar-refractivity contribution >= 4 is 33.8 Å². The molecule has 3 aromatic rings. The van der Waals surface area contributed by atoms with Gasteiger partial charge in [0.1, 0.15) is 17.1 Å². The number of fused-ring (bicyclic) bond motifs is 1. The Balaban J connectivity index is 1.92. The summed E-state index contributed by atoms with van der Waals surface area (Å²) in [5, 5.41) is 14.5. The molecule has 2 aromatic carbocycles. The molecule has 1 heterocycles. The number of rotatable bonds is 5. The molecule has 1 amide bonds. The van der Waals surface area contributed by atoms with E-state index < -0.39 is 4.92 Å². The van der Waals surface area contributed by atoms with E-state index in [1.807, 2.05) is 19.9 Å². The molecular weight excluding hydrogens is 360 g/mol. The highest BCUT2D eigenvalue weighted by Gasteiger charge is 2.14. The molecule has 0 atom stereocenters. The number of carbonyl (C=O) groups is 1. The van der Waals surface area contributed by atoms with E-state index in [-0.39, 0.29) is 11.6 Å². The highest BCUT2D eigenvalue weighted by molar-refractivity contribution is 6.04. The summed E-state index contributed by atoms with van der Waals surface area (Å²) in [7, 11) is 1.56. The minimum atomic E-state index is -0.508. The summed E-state index contributed by atoms with van der Waals surface area (Å²) in [6.07, 6.45) is 1.44. The van der Waals surface area contributed by atoms with E-state index in [0.29, 0.717) is 17.0 Å². The third kappa shape index (κ3) is 3.73. The molecule has 0 aliphatic carbocycles. The van der Waals surface area contributed by atoms with Gasteiger partial charge in [-0.1, -0.05) is 6.07 Å². The Morgan fingerprint density at radius 2 is 2.00 bits per heavy atom. The minimum Gasteiger partial charge on any atom is -0.496 e. The molecule has 0 aliphatic rings. The number of nitro benzene ring substituents is 1. The van der Waals surface area contributed by atoms with Gasteiger partial charge in [-0.05, 0) is 44.0 Å². The maximum Gasteiger partial charge on any atom is 0.271 e. The summed E-state index contributed by atoms with van der Waals surface area (Å²) in [5.74, 6) is 1.04. The van der Waals surface area contributed by atoms with Gasteiger partial charge >= 0.3 is 0 Å². The molecule has 0 bridgehead atoms. The molecule has 28 heavy (non-hydrogen) atoms. The van der Waals surface area contributed by atoms with Gasteiger partial charge in [0.15, 0.2) is 0 Å². The summed E-state index contributed by atoms with van der Waals surface area (Å²) in [6, 6.07) is 9.54. The Labute approximate surface area is 161 Å². The second-order valence-electron chi connectivity index (χ2n) is 6.46. The van der Waals surface area contributed by atoms with Crippen LogP contribution in [-0.2, 0) is 4.79 Å². The second-order valence-corrected chi connectivity index (χ2v) is 6.46. The van der Waals surface area contributed by atoms with E-state index in [1.54, 1.807) is 26.2 Å². The van der Waals surface area contributed by atoms with Crippen LogP contribution < -0.4 is 10.1 Å². The molecule has 0 unspecified atom stereocenters. The van der Waals surface area contributed by atoms with E-state index in [0.717, 1.165) is 27.9 Å².